The summed E-state index contributed by atoms with van der Waals surface area (Å²) in [4.78, 5) is 64.8. The number of hydroxylamine groups is 2. The third-order valence-corrected chi connectivity index (χ3v) is 7.41. The number of carbonyl (C=O) groups excluding carboxylic acids is 2. The normalized spacial score (nSPS) is 16.1. The van der Waals surface area contributed by atoms with E-state index in [0.717, 1.165) is 6.42 Å². The van der Waals surface area contributed by atoms with E-state index in [-0.39, 0.29) is 38.5 Å². The summed E-state index contributed by atoms with van der Waals surface area (Å²) in [6, 6.07) is 9.11. The number of amides is 2. The van der Waals surface area contributed by atoms with Crippen LogP contribution in [0.4, 0.5) is 10.6 Å². The van der Waals surface area contributed by atoms with E-state index in [2.05, 4.69) is 20.1 Å². The summed E-state index contributed by atoms with van der Waals surface area (Å²) in [5.41, 5.74) is 0.646. The number of anilines is 1. The lowest BCUT2D eigenvalue weighted by Gasteiger charge is -2.35. The lowest BCUT2D eigenvalue weighted by atomic mass is 10.2. The molecule has 1 aromatic carbocycles. The number of aromatic nitrogens is 2. The van der Waals surface area contributed by atoms with Gasteiger partial charge in [-0.2, -0.15) is 0 Å². The Morgan fingerprint density at radius 1 is 1.12 bits per heavy atom. The minimum Gasteiger partial charge on any atom is -0.448 e. The second-order valence-electron chi connectivity index (χ2n) is 9.34. The first-order valence-electron chi connectivity index (χ1n) is 12.8. The van der Waals surface area contributed by atoms with E-state index >= 15 is 0 Å². The Hall–Kier alpha value is -3.58. The Morgan fingerprint density at radius 2 is 1.80 bits per heavy atom. The predicted octanol–water partition coefficient (Wildman–Crippen LogP) is 2.06. The fourth-order valence-electron chi connectivity index (χ4n) is 3.88. The van der Waals surface area contributed by atoms with Gasteiger partial charge in [-0.25, -0.2) is 14.8 Å². The number of nitrogens with zero attached hydrogens (tertiary/aromatic N) is 5. The summed E-state index contributed by atoms with van der Waals surface area (Å²) in [7, 11) is -0.744. The summed E-state index contributed by atoms with van der Waals surface area (Å²) in [5, 5.41) is 12.6. The van der Waals surface area contributed by atoms with Crippen molar-refractivity contribution < 1.29 is 38.3 Å². The van der Waals surface area contributed by atoms with Gasteiger partial charge in [0.25, 0.3) is 5.91 Å². The molecule has 0 bridgehead atoms. The topological polar surface area (TPSA) is 175 Å². The van der Waals surface area contributed by atoms with Crippen molar-refractivity contribution in [2.75, 3.05) is 57.9 Å². The highest BCUT2D eigenvalue weighted by atomic mass is 31.2. The van der Waals surface area contributed by atoms with E-state index in [9.17, 15) is 23.8 Å². The van der Waals surface area contributed by atoms with Crippen LogP contribution in [0, 0.1) is 0 Å². The Morgan fingerprint density at radius 3 is 2.40 bits per heavy atom. The van der Waals surface area contributed by atoms with Crippen molar-refractivity contribution in [1.82, 2.24) is 25.2 Å². The second-order valence-corrected chi connectivity index (χ2v) is 11.2. The van der Waals surface area contributed by atoms with Gasteiger partial charge >= 0.3 is 13.8 Å². The summed E-state index contributed by atoms with van der Waals surface area (Å²) >= 11 is 0. The minimum atomic E-state index is -4.26. The largest absolute Gasteiger partial charge is 0.525 e. The molecule has 2 aromatic rings. The fraction of sp³-hybridized carbons (Fsp3) is 0.480. The van der Waals surface area contributed by atoms with Crippen molar-refractivity contribution in [3.05, 3.63) is 42.1 Å². The van der Waals surface area contributed by atoms with Crippen molar-refractivity contribution in [2.24, 2.45) is 0 Å². The zero-order chi connectivity index (χ0) is 29.3. The third kappa shape index (κ3) is 8.98. The van der Waals surface area contributed by atoms with Crippen LogP contribution in [0.1, 0.15) is 30.3 Å². The third-order valence-electron chi connectivity index (χ3n) is 6.00. The summed E-state index contributed by atoms with van der Waals surface area (Å²) in [5.74, 6) is -0.596. The molecule has 40 heavy (non-hydrogen) atoms. The van der Waals surface area contributed by atoms with Crippen LogP contribution < -0.4 is 10.2 Å². The van der Waals surface area contributed by atoms with Crippen LogP contribution in [0.5, 0.6) is 0 Å². The van der Waals surface area contributed by atoms with Gasteiger partial charge in [0.2, 0.25) is 5.91 Å². The molecule has 14 nitrogen and oxygen atoms in total. The van der Waals surface area contributed by atoms with Crippen molar-refractivity contribution in [1.29, 1.82) is 0 Å². The number of nitrogens with one attached hydrogen (secondary N) is 1. The molecular weight excluding hydrogens is 543 g/mol. The predicted molar refractivity (Wildman–Crippen MR) is 146 cm³/mol. The van der Waals surface area contributed by atoms with E-state index in [1.165, 1.54) is 16.0 Å². The van der Waals surface area contributed by atoms with Crippen molar-refractivity contribution in [3.8, 4) is 11.4 Å². The lowest BCUT2D eigenvalue weighted by molar-refractivity contribution is -0.154. The lowest BCUT2D eigenvalue weighted by Crippen LogP contribution is -2.56. The Bertz CT molecular complexity index is 1220. The molecule has 2 heterocycles. The average molecular weight is 579 g/mol. The zero-order valence-electron chi connectivity index (χ0n) is 22.7. The number of benzene rings is 1. The fourth-order valence-corrected chi connectivity index (χ4v) is 5.11. The molecule has 0 saturated carbocycles. The van der Waals surface area contributed by atoms with Gasteiger partial charge in [0.15, 0.2) is 5.82 Å². The maximum Gasteiger partial charge on any atom is 0.525 e. The van der Waals surface area contributed by atoms with E-state index in [4.69, 9.17) is 9.63 Å². The molecule has 1 fully saturated rings. The van der Waals surface area contributed by atoms with Crippen LogP contribution in [-0.2, 0) is 18.7 Å². The first kappa shape index (κ1) is 31.0. The summed E-state index contributed by atoms with van der Waals surface area (Å²) in [6.45, 7) is 2.30. The number of carboxylic acid groups (broad SMARTS) is 1. The molecule has 218 valence electrons. The molecule has 1 saturated heterocycles. The van der Waals surface area contributed by atoms with Gasteiger partial charge in [-0.05, 0) is 6.42 Å². The molecule has 15 heteroatoms. The molecule has 1 aliphatic rings. The molecule has 2 atom stereocenters. The van der Waals surface area contributed by atoms with Gasteiger partial charge in [0.05, 0.1) is 25.9 Å². The van der Waals surface area contributed by atoms with Crippen LogP contribution in [0.25, 0.3) is 11.4 Å². The van der Waals surface area contributed by atoms with Gasteiger partial charge in [-0.1, -0.05) is 43.7 Å². The summed E-state index contributed by atoms with van der Waals surface area (Å²) < 4.78 is 18.0. The Balaban J connectivity index is 1.85. The highest BCUT2D eigenvalue weighted by Crippen LogP contribution is 2.43. The number of rotatable bonds is 12. The zero-order valence-corrected chi connectivity index (χ0v) is 23.6. The van der Waals surface area contributed by atoms with Gasteiger partial charge in [-0.3, -0.25) is 14.2 Å². The van der Waals surface area contributed by atoms with E-state index in [1.807, 2.05) is 25.1 Å². The standard InChI is InChI=1S/C25H35N6O8P/c1-4-5-15-38-40(36,37)17-20(24(33)30-11-13-31(14-12-30)39-25(34)35)27-23(32)19-16-21(29(2)3)28-22(26-19)18-9-7-6-8-10-18/h6-10,16,20H,4-5,11-15,17H2,1-3H3,(H,27,32)(H,34,35)(H,36,37)/t20-/m0/s1. The Kier molecular flexibility index (Phi) is 11.0. The van der Waals surface area contributed by atoms with Crippen LogP contribution in [-0.4, -0.2) is 107 Å². The maximum atomic E-state index is 13.5. The molecule has 1 aliphatic heterocycles. The van der Waals surface area contributed by atoms with Crippen molar-refractivity contribution in [3.63, 3.8) is 0 Å². The highest BCUT2D eigenvalue weighted by Gasteiger charge is 2.36. The number of hydrogen-bond acceptors (Lipinski definition) is 10. The smallest absolute Gasteiger partial charge is 0.448 e. The van der Waals surface area contributed by atoms with Crippen molar-refractivity contribution >= 4 is 31.4 Å². The number of piperazine rings is 1. The monoisotopic (exact) mass is 578 g/mol. The molecular formula is C25H35N6O8P. The van der Waals surface area contributed by atoms with Crippen LogP contribution in [0.15, 0.2) is 36.4 Å². The quantitative estimate of drug-likeness (QED) is 0.247. The van der Waals surface area contributed by atoms with Crippen molar-refractivity contribution in [2.45, 2.75) is 25.8 Å². The van der Waals surface area contributed by atoms with Gasteiger partial charge in [0, 0.05) is 38.8 Å². The average Bonchev–Trinajstić information content (AvgIpc) is 2.92. The van der Waals surface area contributed by atoms with Crippen LogP contribution in [0.2, 0.25) is 0 Å². The number of carbonyl (C=O) groups is 3. The molecule has 0 aliphatic carbocycles. The first-order chi connectivity index (χ1) is 19.0. The molecule has 1 aromatic heterocycles. The molecule has 0 spiro atoms. The minimum absolute atomic E-state index is 0.0306. The highest BCUT2D eigenvalue weighted by molar-refractivity contribution is 7.52. The van der Waals surface area contributed by atoms with E-state index < -0.39 is 37.8 Å². The Labute approximate surface area is 232 Å². The van der Waals surface area contributed by atoms with Crippen LogP contribution in [0.3, 0.4) is 0 Å². The van der Waals surface area contributed by atoms with Gasteiger partial charge in [0.1, 0.15) is 17.6 Å². The number of unbranched alkanes of at least 4 members (excludes halogenated alkanes) is 1. The second kappa shape index (κ2) is 14.2. The van der Waals surface area contributed by atoms with Crippen LogP contribution >= 0.6 is 7.60 Å². The van der Waals surface area contributed by atoms with Gasteiger partial charge < -0.3 is 34.5 Å². The molecule has 1 unspecified atom stereocenters. The van der Waals surface area contributed by atoms with E-state index in [1.54, 1.807) is 31.1 Å². The SMILES string of the molecule is CCCCOP(=O)(O)C[C@H](NC(=O)c1cc(N(C)C)nc(-c2ccccc2)n1)C(=O)N1CCN(OC(=O)O)CC1. The molecule has 0 radical (unpaired) electrons. The molecule has 3 rings (SSSR count). The number of hydrogen-bond donors (Lipinski definition) is 3. The molecule has 3 N–H and O–H groups in total. The summed E-state index contributed by atoms with van der Waals surface area (Å²) in [6.07, 6.45) is -0.817. The van der Waals surface area contributed by atoms with E-state index in [0.29, 0.717) is 23.6 Å². The maximum absolute atomic E-state index is 13.5. The first-order valence-corrected chi connectivity index (χ1v) is 14.6. The van der Waals surface area contributed by atoms with Gasteiger partial charge in [-0.15, -0.1) is 5.06 Å². The molecule has 2 amide bonds.